The van der Waals surface area contributed by atoms with E-state index < -0.39 is 6.61 Å². The second-order valence-corrected chi connectivity index (χ2v) is 6.96. The third kappa shape index (κ3) is 5.24. The molecule has 7 heteroatoms. The highest BCUT2D eigenvalue weighted by molar-refractivity contribution is 6.06. The third-order valence-corrected chi connectivity index (χ3v) is 4.81. The number of hydrogen-bond acceptors (Lipinski definition) is 4. The maximum atomic E-state index is 13.3. The van der Waals surface area contributed by atoms with E-state index in [1.54, 1.807) is 23.1 Å². The highest BCUT2D eigenvalue weighted by atomic mass is 19.3. The number of carbonyl (C=O) groups is 1. The van der Waals surface area contributed by atoms with Crippen LogP contribution in [-0.2, 0) is 0 Å². The third-order valence-electron chi connectivity index (χ3n) is 4.81. The van der Waals surface area contributed by atoms with Gasteiger partial charge in [0.1, 0.15) is 19.0 Å². The molecule has 0 radical (unpaired) electrons. The molecule has 164 valence electrons. The number of halogens is 2. The number of nitrogens with zero attached hydrogens (tertiary/aromatic N) is 1. The molecule has 1 amide bonds. The van der Waals surface area contributed by atoms with Crippen molar-refractivity contribution >= 4 is 17.7 Å². The fourth-order valence-corrected chi connectivity index (χ4v) is 3.30. The number of anilines is 1. The predicted molar refractivity (Wildman–Crippen MR) is 118 cm³/mol. The molecule has 1 aliphatic rings. The minimum absolute atomic E-state index is 0.00796. The summed E-state index contributed by atoms with van der Waals surface area (Å²) < 4.78 is 40.4. The van der Waals surface area contributed by atoms with Crippen molar-refractivity contribution in [2.24, 2.45) is 0 Å². The Labute approximate surface area is 184 Å². The molecule has 0 bridgehead atoms. The summed E-state index contributed by atoms with van der Waals surface area (Å²) in [6.07, 6.45) is 3.82. The van der Waals surface area contributed by atoms with E-state index in [9.17, 15) is 13.6 Å². The van der Waals surface area contributed by atoms with Crippen LogP contribution in [-0.4, -0.2) is 32.3 Å². The van der Waals surface area contributed by atoms with Gasteiger partial charge in [0.25, 0.3) is 5.91 Å². The van der Waals surface area contributed by atoms with Gasteiger partial charge in [0, 0.05) is 23.9 Å². The molecule has 0 fully saturated rings. The Balaban J connectivity index is 1.60. The van der Waals surface area contributed by atoms with Crippen molar-refractivity contribution in [3.63, 3.8) is 0 Å². The molecule has 0 saturated heterocycles. The lowest BCUT2D eigenvalue weighted by Crippen LogP contribution is -2.31. The smallest absolute Gasteiger partial charge is 0.387 e. The topological polar surface area (TPSA) is 48.0 Å². The fourth-order valence-electron chi connectivity index (χ4n) is 3.30. The van der Waals surface area contributed by atoms with Gasteiger partial charge in [-0.1, -0.05) is 42.5 Å². The van der Waals surface area contributed by atoms with Gasteiger partial charge >= 0.3 is 6.61 Å². The number of hydrogen-bond donors (Lipinski definition) is 0. The van der Waals surface area contributed by atoms with Crippen LogP contribution in [0.5, 0.6) is 17.2 Å². The Bertz CT molecular complexity index is 1080. The Morgan fingerprint density at radius 1 is 0.969 bits per heavy atom. The molecule has 0 spiro atoms. The first kappa shape index (κ1) is 21.4. The van der Waals surface area contributed by atoms with Crippen LogP contribution >= 0.6 is 0 Å². The molecular formula is C25H21F2NO4. The monoisotopic (exact) mass is 437 g/mol. The minimum atomic E-state index is -2.92. The molecule has 0 aromatic heterocycles. The molecular weight excluding hydrogens is 416 g/mol. The lowest BCUT2D eigenvalue weighted by Gasteiger charge is -2.25. The van der Waals surface area contributed by atoms with Gasteiger partial charge in [0.05, 0.1) is 0 Å². The molecule has 0 N–H and O–H groups in total. The first-order valence-electron chi connectivity index (χ1n) is 10.1. The van der Waals surface area contributed by atoms with Crippen LogP contribution in [0.2, 0.25) is 0 Å². The van der Waals surface area contributed by atoms with Crippen molar-refractivity contribution in [2.45, 2.75) is 6.61 Å². The van der Waals surface area contributed by atoms with Gasteiger partial charge < -0.3 is 19.1 Å². The zero-order valence-electron chi connectivity index (χ0n) is 17.1. The fraction of sp³-hybridized carbons (Fsp3) is 0.160. The van der Waals surface area contributed by atoms with Crippen LogP contribution in [0.3, 0.4) is 0 Å². The predicted octanol–water partition coefficient (Wildman–Crippen LogP) is 5.42. The second kappa shape index (κ2) is 9.96. The van der Waals surface area contributed by atoms with Crippen LogP contribution in [0.15, 0.2) is 78.9 Å². The van der Waals surface area contributed by atoms with E-state index in [-0.39, 0.29) is 11.7 Å². The van der Waals surface area contributed by atoms with Crippen molar-refractivity contribution in [1.29, 1.82) is 0 Å². The Hall–Kier alpha value is -3.87. The summed E-state index contributed by atoms with van der Waals surface area (Å²) in [6, 6.07) is 20.7. The molecule has 32 heavy (non-hydrogen) atoms. The number of carbonyl (C=O) groups excluding carboxylic acids is 1. The van der Waals surface area contributed by atoms with Gasteiger partial charge in [-0.3, -0.25) is 4.79 Å². The van der Waals surface area contributed by atoms with Crippen LogP contribution in [0.1, 0.15) is 15.9 Å². The Kier molecular flexibility index (Phi) is 6.65. The van der Waals surface area contributed by atoms with Gasteiger partial charge in [-0.2, -0.15) is 8.78 Å². The zero-order chi connectivity index (χ0) is 22.3. The lowest BCUT2D eigenvalue weighted by atomic mass is 10.1. The van der Waals surface area contributed by atoms with Gasteiger partial charge in [-0.15, -0.1) is 0 Å². The molecule has 4 rings (SSSR count). The number of amides is 1. The number of fused-ring (bicyclic) bond motifs is 1. The van der Waals surface area contributed by atoms with Gasteiger partial charge in [-0.05, 0) is 42.0 Å². The second-order valence-electron chi connectivity index (χ2n) is 6.96. The molecule has 0 aliphatic carbocycles. The SMILES string of the molecule is O=C(c1ccc(OC(F)F)cc1)N(C/C=C/c1ccccc1)c1ccc2c(c1)OCCO2. The molecule has 3 aromatic rings. The highest BCUT2D eigenvalue weighted by Gasteiger charge is 2.20. The van der Waals surface area contributed by atoms with Crippen molar-refractivity contribution in [2.75, 3.05) is 24.7 Å². The van der Waals surface area contributed by atoms with E-state index in [1.165, 1.54) is 24.3 Å². The molecule has 5 nitrogen and oxygen atoms in total. The highest BCUT2D eigenvalue weighted by Crippen LogP contribution is 2.34. The number of alkyl halides is 2. The summed E-state index contributed by atoms with van der Waals surface area (Å²) >= 11 is 0. The van der Waals surface area contributed by atoms with Crippen molar-refractivity contribution < 1.29 is 27.8 Å². The summed E-state index contributed by atoms with van der Waals surface area (Å²) in [7, 11) is 0. The van der Waals surface area contributed by atoms with Crippen molar-refractivity contribution in [3.05, 3.63) is 90.0 Å². The molecule has 0 atom stereocenters. The summed E-state index contributed by atoms with van der Waals surface area (Å²) in [5.41, 5.74) is 1.98. The summed E-state index contributed by atoms with van der Waals surface area (Å²) in [4.78, 5) is 14.9. The van der Waals surface area contributed by atoms with Crippen molar-refractivity contribution in [1.82, 2.24) is 0 Å². The van der Waals surface area contributed by atoms with E-state index in [0.717, 1.165) is 5.56 Å². The first-order chi connectivity index (χ1) is 15.6. The Morgan fingerprint density at radius 3 is 2.41 bits per heavy atom. The largest absolute Gasteiger partial charge is 0.486 e. The number of ether oxygens (including phenoxy) is 3. The van der Waals surface area contributed by atoms with Gasteiger partial charge in [0.2, 0.25) is 0 Å². The molecule has 0 unspecified atom stereocenters. The maximum Gasteiger partial charge on any atom is 0.387 e. The quantitative estimate of drug-likeness (QED) is 0.495. The summed E-state index contributed by atoms with van der Waals surface area (Å²) in [6.45, 7) is -1.72. The van der Waals surface area contributed by atoms with E-state index in [0.29, 0.717) is 42.5 Å². The maximum absolute atomic E-state index is 13.3. The lowest BCUT2D eigenvalue weighted by molar-refractivity contribution is -0.0498. The van der Waals surface area contributed by atoms with Crippen LogP contribution in [0, 0.1) is 0 Å². The van der Waals surface area contributed by atoms with E-state index in [1.807, 2.05) is 42.5 Å². The van der Waals surface area contributed by atoms with Gasteiger partial charge in [-0.25, -0.2) is 0 Å². The number of rotatable bonds is 7. The molecule has 1 aliphatic heterocycles. The average Bonchev–Trinajstić information content (AvgIpc) is 2.82. The first-order valence-corrected chi connectivity index (χ1v) is 10.1. The molecule has 0 saturated carbocycles. The van der Waals surface area contributed by atoms with E-state index in [2.05, 4.69) is 4.74 Å². The molecule has 1 heterocycles. The minimum Gasteiger partial charge on any atom is -0.486 e. The van der Waals surface area contributed by atoms with E-state index in [4.69, 9.17) is 9.47 Å². The van der Waals surface area contributed by atoms with Crippen molar-refractivity contribution in [3.8, 4) is 17.2 Å². The zero-order valence-corrected chi connectivity index (χ0v) is 17.1. The van der Waals surface area contributed by atoms with Crippen LogP contribution in [0.25, 0.3) is 6.08 Å². The summed E-state index contributed by atoms with van der Waals surface area (Å²) in [5, 5.41) is 0. The van der Waals surface area contributed by atoms with Crippen LogP contribution < -0.4 is 19.1 Å². The van der Waals surface area contributed by atoms with Gasteiger partial charge in [0.15, 0.2) is 11.5 Å². The average molecular weight is 437 g/mol. The normalized spacial score (nSPS) is 12.7. The standard InChI is InChI=1S/C25H21F2NO4/c26-25(27)32-21-11-8-19(9-12-21)24(29)28(14-4-7-18-5-2-1-3-6-18)20-10-13-22-23(17-20)31-16-15-30-22/h1-13,17,25H,14-16H2/b7-4+. The van der Waals surface area contributed by atoms with E-state index >= 15 is 0 Å². The number of benzene rings is 3. The molecule has 3 aromatic carbocycles. The van der Waals surface area contributed by atoms with Crippen LogP contribution in [0.4, 0.5) is 14.5 Å². The Morgan fingerprint density at radius 2 is 1.69 bits per heavy atom. The summed E-state index contributed by atoms with van der Waals surface area (Å²) in [5.74, 6) is 0.898.